The highest BCUT2D eigenvalue weighted by Gasteiger charge is 2.00. The van der Waals surface area contributed by atoms with Crippen LogP contribution in [-0.4, -0.2) is 11.2 Å². The van der Waals surface area contributed by atoms with Crippen LogP contribution in [0.5, 0.6) is 0 Å². The van der Waals surface area contributed by atoms with Crippen LogP contribution in [0, 0.1) is 0 Å². The maximum atomic E-state index is 4.50. The lowest BCUT2D eigenvalue weighted by Crippen LogP contribution is -1.92. The first kappa shape index (κ1) is 24.3. The molecule has 0 saturated carbocycles. The van der Waals surface area contributed by atoms with E-state index in [0.717, 1.165) is 23.5 Å². The SMILES string of the molecule is C=CC=N/C(=C\C)c1cccc(CC)n1.CC.CC.CC. The van der Waals surface area contributed by atoms with Crippen molar-refractivity contribution < 1.29 is 0 Å². The molecule has 1 rings (SSSR count). The molecule has 2 nitrogen and oxygen atoms in total. The minimum Gasteiger partial charge on any atom is -0.255 e. The summed E-state index contributed by atoms with van der Waals surface area (Å²) in [4.78, 5) is 8.76. The predicted molar refractivity (Wildman–Crippen MR) is 100.0 cm³/mol. The van der Waals surface area contributed by atoms with Crippen LogP contribution in [-0.2, 0) is 6.42 Å². The molecule has 0 aromatic carbocycles. The summed E-state index contributed by atoms with van der Waals surface area (Å²) in [6, 6.07) is 6.00. The third-order valence-electron chi connectivity index (χ3n) is 2.02. The second-order valence-corrected chi connectivity index (χ2v) is 3.06. The van der Waals surface area contributed by atoms with Crippen molar-refractivity contribution in [2.45, 2.75) is 61.8 Å². The zero-order chi connectivity index (χ0) is 17.1. The van der Waals surface area contributed by atoms with Gasteiger partial charge in [-0.3, -0.25) is 9.98 Å². The first-order valence-electron chi connectivity index (χ1n) is 8.09. The summed E-state index contributed by atoms with van der Waals surface area (Å²) < 4.78 is 0. The van der Waals surface area contributed by atoms with Gasteiger partial charge in [-0.2, -0.15) is 0 Å². The molecule has 1 heterocycles. The van der Waals surface area contributed by atoms with Gasteiger partial charge in [0.2, 0.25) is 0 Å². The van der Waals surface area contributed by atoms with Crippen LogP contribution < -0.4 is 0 Å². The average molecular weight is 290 g/mol. The lowest BCUT2D eigenvalue weighted by molar-refractivity contribution is 1.02. The van der Waals surface area contributed by atoms with E-state index in [0.29, 0.717) is 0 Å². The Hall–Kier alpha value is -1.70. The largest absolute Gasteiger partial charge is 0.255 e. The van der Waals surface area contributed by atoms with E-state index in [-0.39, 0.29) is 0 Å². The van der Waals surface area contributed by atoms with Crippen LogP contribution in [0.2, 0.25) is 0 Å². The van der Waals surface area contributed by atoms with E-state index in [4.69, 9.17) is 0 Å². The molecule has 0 aliphatic carbocycles. The number of pyridine rings is 1. The molecule has 0 N–H and O–H groups in total. The fraction of sp³-hybridized carbons (Fsp3) is 0.474. The van der Waals surface area contributed by atoms with Crippen LogP contribution in [0.15, 0.2) is 41.9 Å². The van der Waals surface area contributed by atoms with Crippen molar-refractivity contribution >= 4 is 11.9 Å². The number of hydrogen-bond donors (Lipinski definition) is 0. The highest BCUT2D eigenvalue weighted by molar-refractivity contribution is 5.78. The van der Waals surface area contributed by atoms with Crippen LogP contribution >= 0.6 is 0 Å². The van der Waals surface area contributed by atoms with E-state index in [9.17, 15) is 0 Å². The van der Waals surface area contributed by atoms with E-state index >= 15 is 0 Å². The van der Waals surface area contributed by atoms with Gasteiger partial charge < -0.3 is 0 Å². The highest BCUT2D eigenvalue weighted by atomic mass is 14.8. The molecule has 0 saturated heterocycles. The summed E-state index contributed by atoms with van der Waals surface area (Å²) in [6.07, 6.45) is 6.22. The number of nitrogens with zero attached hydrogens (tertiary/aromatic N) is 2. The first-order valence-corrected chi connectivity index (χ1v) is 8.09. The molecule has 0 amide bonds. The monoisotopic (exact) mass is 290 g/mol. The van der Waals surface area contributed by atoms with Crippen molar-refractivity contribution in [3.8, 4) is 0 Å². The zero-order valence-corrected chi connectivity index (χ0v) is 15.3. The van der Waals surface area contributed by atoms with Crippen molar-refractivity contribution in [1.29, 1.82) is 0 Å². The van der Waals surface area contributed by atoms with Gasteiger partial charge in [0.15, 0.2) is 0 Å². The van der Waals surface area contributed by atoms with Gasteiger partial charge in [0.25, 0.3) is 0 Å². The second kappa shape index (κ2) is 20.6. The third-order valence-corrected chi connectivity index (χ3v) is 2.02. The van der Waals surface area contributed by atoms with E-state index in [1.807, 2.05) is 72.7 Å². The van der Waals surface area contributed by atoms with Crippen LogP contribution in [0.4, 0.5) is 0 Å². The molecule has 0 atom stereocenters. The molecule has 0 radical (unpaired) electrons. The molecule has 120 valence electrons. The van der Waals surface area contributed by atoms with Gasteiger partial charge in [-0.25, -0.2) is 0 Å². The van der Waals surface area contributed by atoms with Crippen LogP contribution in [0.3, 0.4) is 0 Å². The standard InChI is InChI=1S/C13H16N2.3C2H6/c1-4-10-14-12(6-3)13-9-7-8-11(5-2)15-13;3*1-2/h4,6-10H,1,5H2,2-3H3;3*1-2H3/b12-6-,14-10?;;;. The van der Waals surface area contributed by atoms with Gasteiger partial charge in [0.1, 0.15) is 0 Å². The lowest BCUT2D eigenvalue weighted by Gasteiger charge is -2.02. The maximum absolute atomic E-state index is 4.50. The molecule has 0 aliphatic heterocycles. The van der Waals surface area contributed by atoms with Gasteiger partial charge in [0, 0.05) is 11.9 Å². The lowest BCUT2D eigenvalue weighted by atomic mass is 10.2. The van der Waals surface area contributed by atoms with Crippen molar-refractivity contribution in [3.05, 3.63) is 48.3 Å². The van der Waals surface area contributed by atoms with Gasteiger partial charge >= 0.3 is 0 Å². The summed E-state index contributed by atoms with van der Waals surface area (Å²) in [5.74, 6) is 0. The fourth-order valence-corrected chi connectivity index (χ4v) is 1.24. The van der Waals surface area contributed by atoms with E-state index in [1.54, 1.807) is 12.3 Å². The number of aromatic nitrogens is 1. The normalized spacial score (nSPS) is 9.43. The molecule has 0 aliphatic rings. The van der Waals surface area contributed by atoms with Gasteiger partial charge in [0.05, 0.1) is 11.4 Å². The molecule has 21 heavy (non-hydrogen) atoms. The highest BCUT2D eigenvalue weighted by Crippen LogP contribution is 2.13. The number of aryl methyl sites for hydroxylation is 1. The Balaban J connectivity index is -0.000000478. The Labute approximate surface area is 132 Å². The Bertz CT molecular complexity index is 390. The quantitative estimate of drug-likeness (QED) is 0.594. The smallest absolute Gasteiger partial charge is 0.0886 e. The van der Waals surface area contributed by atoms with E-state index < -0.39 is 0 Å². The summed E-state index contributed by atoms with van der Waals surface area (Å²) in [5.41, 5.74) is 2.88. The van der Waals surface area contributed by atoms with E-state index in [1.165, 1.54) is 0 Å². The second-order valence-electron chi connectivity index (χ2n) is 3.06. The molecule has 1 aromatic heterocycles. The molecule has 0 bridgehead atoms. The Morgan fingerprint density at radius 3 is 2.14 bits per heavy atom. The number of rotatable bonds is 4. The fourth-order valence-electron chi connectivity index (χ4n) is 1.24. The summed E-state index contributed by atoms with van der Waals surface area (Å²) in [7, 11) is 0. The van der Waals surface area contributed by atoms with Crippen LogP contribution in [0.1, 0.15) is 66.8 Å². The molecular formula is C19H34N2. The van der Waals surface area contributed by atoms with Crippen molar-refractivity contribution in [3.63, 3.8) is 0 Å². The maximum Gasteiger partial charge on any atom is 0.0886 e. The molecular weight excluding hydrogens is 256 g/mol. The minimum atomic E-state index is 0.880. The Kier molecular flexibility index (Phi) is 23.9. The first-order chi connectivity index (χ1) is 10.3. The van der Waals surface area contributed by atoms with Crippen molar-refractivity contribution in [2.24, 2.45) is 4.99 Å². The van der Waals surface area contributed by atoms with Crippen molar-refractivity contribution in [1.82, 2.24) is 4.98 Å². The van der Waals surface area contributed by atoms with Gasteiger partial charge in [-0.05, 0) is 25.5 Å². The summed E-state index contributed by atoms with van der Waals surface area (Å²) in [5, 5.41) is 0. The number of hydrogen-bond acceptors (Lipinski definition) is 2. The predicted octanol–water partition coefficient (Wildman–Crippen LogP) is 6.34. The summed E-state index contributed by atoms with van der Waals surface area (Å²) >= 11 is 0. The zero-order valence-electron chi connectivity index (χ0n) is 15.3. The minimum absolute atomic E-state index is 0.880. The molecule has 1 aromatic rings. The van der Waals surface area contributed by atoms with Crippen molar-refractivity contribution in [2.75, 3.05) is 0 Å². The third kappa shape index (κ3) is 11.8. The molecule has 2 heteroatoms. The van der Waals surface area contributed by atoms with Gasteiger partial charge in [-0.15, -0.1) is 0 Å². The number of aliphatic imine (C=N–C) groups is 1. The Morgan fingerprint density at radius 1 is 1.14 bits per heavy atom. The van der Waals surface area contributed by atoms with Crippen LogP contribution in [0.25, 0.3) is 5.70 Å². The van der Waals surface area contributed by atoms with E-state index in [2.05, 4.69) is 23.5 Å². The Morgan fingerprint density at radius 2 is 1.71 bits per heavy atom. The number of allylic oxidation sites excluding steroid dienone is 2. The molecule has 0 fully saturated rings. The average Bonchev–Trinajstić information content (AvgIpc) is 2.61. The van der Waals surface area contributed by atoms with Gasteiger partial charge in [-0.1, -0.05) is 73.3 Å². The molecule has 0 spiro atoms. The summed E-state index contributed by atoms with van der Waals surface area (Å²) in [6.45, 7) is 19.6. The molecule has 0 unspecified atom stereocenters. The topological polar surface area (TPSA) is 25.2 Å².